The third-order valence-electron chi connectivity index (χ3n) is 8.84. The number of carbonyl (C=O) groups is 1. The predicted octanol–water partition coefficient (Wildman–Crippen LogP) is 5.55. The lowest BCUT2D eigenvalue weighted by Crippen LogP contribution is -2.41. The van der Waals surface area contributed by atoms with E-state index in [0.717, 1.165) is 29.2 Å². The minimum Gasteiger partial charge on any atom is -0.496 e. The summed E-state index contributed by atoms with van der Waals surface area (Å²) in [6.07, 6.45) is 9.05. The van der Waals surface area contributed by atoms with Crippen LogP contribution in [0.4, 0.5) is 0 Å². The van der Waals surface area contributed by atoms with Gasteiger partial charge in [-0.05, 0) is 107 Å². The highest BCUT2D eigenvalue weighted by Crippen LogP contribution is 2.58. The summed E-state index contributed by atoms with van der Waals surface area (Å²) in [7, 11) is 1.02. The number of benzene rings is 1. The molecule has 5 aliphatic rings. The SMILES string of the molecule is COC(=C1C2CC3CC(C2)CC1C3)c1ccc(/C=C/C(=O)O)c(B2OC(C)(C)C(C)(C)O2)c1Cl. The van der Waals surface area contributed by atoms with Crippen molar-refractivity contribution in [3.63, 3.8) is 0 Å². The summed E-state index contributed by atoms with van der Waals surface area (Å²) in [6, 6.07) is 3.85. The molecule has 6 rings (SSSR count). The lowest BCUT2D eigenvalue weighted by atomic mass is 9.54. The van der Waals surface area contributed by atoms with Crippen molar-refractivity contribution >= 4 is 42.0 Å². The molecule has 34 heavy (non-hydrogen) atoms. The molecule has 1 saturated heterocycles. The predicted molar refractivity (Wildman–Crippen MR) is 135 cm³/mol. The number of carboxylic acid groups (broad SMARTS) is 1. The average Bonchev–Trinajstić information content (AvgIpc) is 2.95. The molecule has 4 aliphatic carbocycles. The van der Waals surface area contributed by atoms with Crippen LogP contribution in [-0.2, 0) is 18.8 Å². The Morgan fingerprint density at radius 1 is 1.06 bits per heavy atom. The Labute approximate surface area is 207 Å². The van der Waals surface area contributed by atoms with Gasteiger partial charge in [-0.25, -0.2) is 4.79 Å². The van der Waals surface area contributed by atoms with Crippen LogP contribution in [-0.4, -0.2) is 36.5 Å². The van der Waals surface area contributed by atoms with Crippen LogP contribution in [0.3, 0.4) is 0 Å². The van der Waals surface area contributed by atoms with Crippen LogP contribution in [0.5, 0.6) is 0 Å². The van der Waals surface area contributed by atoms with Crippen molar-refractivity contribution < 1.29 is 23.9 Å². The second kappa shape index (κ2) is 8.42. The van der Waals surface area contributed by atoms with E-state index in [1.54, 1.807) is 13.2 Å². The van der Waals surface area contributed by atoms with Crippen LogP contribution in [0.2, 0.25) is 5.02 Å². The van der Waals surface area contributed by atoms with Gasteiger partial charge in [-0.1, -0.05) is 17.7 Å². The summed E-state index contributed by atoms with van der Waals surface area (Å²) in [6.45, 7) is 7.98. The Hall–Kier alpha value is -1.76. The maximum absolute atomic E-state index is 11.3. The summed E-state index contributed by atoms with van der Waals surface area (Å²) < 4.78 is 18.8. The zero-order valence-electron chi connectivity index (χ0n) is 20.7. The number of rotatable bonds is 5. The molecule has 5 fully saturated rings. The molecule has 0 amide bonds. The lowest BCUT2D eigenvalue weighted by Gasteiger charge is -2.51. The molecule has 182 valence electrons. The highest BCUT2D eigenvalue weighted by molar-refractivity contribution is 6.67. The third-order valence-corrected chi connectivity index (χ3v) is 9.24. The molecule has 0 unspecified atom stereocenters. The summed E-state index contributed by atoms with van der Waals surface area (Å²) in [5.74, 6) is 2.69. The lowest BCUT2D eigenvalue weighted by molar-refractivity contribution is -0.131. The molecule has 4 bridgehead atoms. The molecule has 1 aromatic carbocycles. The zero-order valence-corrected chi connectivity index (χ0v) is 21.4. The summed E-state index contributed by atoms with van der Waals surface area (Å²) in [5.41, 5.74) is 2.48. The minimum absolute atomic E-state index is 0.504. The number of hydrogen-bond acceptors (Lipinski definition) is 4. The number of halogens is 1. The maximum atomic E-state index is 11.3. The van der Waals surface area contributed by atoms with E-state index in [2.05, 4.69) is 0 Å². The minimum atomic E-state index is -1.02. The molecule has 0 spiro atoms. The second-order valence-electron chi connectivity index (χ2n) is 11.5. The zero-order chi connectivity index (χ0) is 24.4. The standard InChI is InChI=1S/C27H34BClO5/c1-26(2)27(3,4)34-28(33-26)23-17(7-9-21(30)31)6-8-20(24(23)29)25(32-5)22-18-11-15-10-16(13-18)14-19(22)12-15/h6-9,15-16,18-19H,10-14H2,1-5H3,(H,30,31)/b9-7+,25-22?. The highest BCUT2D eigenvalue weighted by Gasteiger charge is 2.53. The van der Waals surface area contributed by atoms with Crippen LogP contribution in [0.25, 0.3) is 11.8 Å². The smallest absolute Gasteiger partial charge is 0.496 e. The van der Waals surface area contributed by atoms with Crippen molar-refractivity contribution in [3.05, 3.63) is 39.9 Å². The van der Waals surface area contributed by atoms with Crippen molar-refractivity contribution in [2.24, 2.45) is 23.7 Å². The fourth-order valence-corrected chi connectivity index (χ4v) is 7.08. The molecule has 0 radical (unpaired) electrons. The monoisotopic (exact) mass is 484 g/mol. The topological polar surface area (TPSA) is 65.0 Å². The Morgan fingerprint density at radius 3 is 2.12 bits per heavy atom. The number of aliphatic carboxylic acids is 1. The molecule has 1 heterocycles. The molecular weight excluding hydrogens is 451 g/mol. The molecule has 4 saturated carbocycles. The van der Waals surface area contributed by atoms with E-state index in [0.29, 0.717) is 27.9 Å². The van der Waals surface area contributed by atoms with Gasteiger partial charge in [0.05, 0.1) is 23.3 Å². The first-order chi connectivity index (χ1) is 16.0. The molecular formula is C27H34BClO5. The van der Waals surface area contributed by atoms with Gasteiger partial charge in [0.2, 0.25) is 0 Å². The largest absolute Gasteiger partial charge is 0.497 e. The first-order valence-electron chi connectivity index (χ1n) is 12.4. The van der Waals surface area contributed by atoms with Gasteiger partial charge in [0, 0.05) is 17.1 Å². The number of methoxy groups -OCH3 is 1. The van der Waals surface area contributed by atoms with Crippen molar-refractivity contribution in [1.29, 1.82) is 0 Å². The molecule has 1 aliphatic heterocycles. The normalized spacial score (nSPS) is 30.9. The van der Waals surface area contributed by atoms with E-state index in [1.165, 1.54) is 37.7 Å². The van der Waals surface area contributed by atoms with Gasteiger partial charge in [-0.3, -0.25) is 0 Å². The maximum Gasteiger partial charge on any atom is 0.497 e. The Balaban J connectivity index is 1.63. The first kappa shape index (κ1) is 24.0. The number of carboxylic acids is 1. The van der Waals surface area contributed by atoms with Crippen LogP contribution in [0, 0.1) is 23.7 Å². The van der Waals surface area contributed by atoms with Gasteiger partial charge >= 0.3 is 13.1 Å². The van der Waals surface area contributed by atoms with Gasteiger partial charge in [0.15, 0.2) is 0 Å². The van der Waals surface area contributed by atoms with Gasteiger partial charge < -0.3 is 19.2 Å². The van der Waals surface area contributed by atoms with E-state index in [9.17, 15) is 9.90 Å². The molecule has 0 atom stereocenters. The number of allylic oxidation sites excluding steroid dienone is 1. The average molecular weight is 485 g/mol. The van der Waals surface area contributed by atoms with Gasteiger partial charge in [-0.15, -0.1) is 0 Å². The Morgan fingerprint density at radius 2 is 1.62 bits per heavy atom. The quantitative estimate of drug-likeness (QED) is 0.337. The van der Waals surface area contributed by atoms with E-state index in [-0.39, 0.29) is 0 Å². The van der Waals surface area contributed by atoms with Crippen molar-refractivity contribution in [1.82, 2.24) is 0 Å². The van der Waals surface area contributed by atoms with E-state index in [1.807, 2.05) is 39.8 Å². The van der Waals surface area contributed by atoms with Gasteiger partial charge in [0.1, 0.15) is 5.76 Å². The molecule has 7 heteroatoms. The molecule has 1 N–H and O–H groups in total. The summed E-state index contributed by atoms with van der Waals surface area (Å²) in [4.78, 5) is 11.3. The Kier molecular flexibility index (Phi) is 5.94. The Bertz CT molecular complexity index is 1030. The van der Waals surface area contributed by atoms with Crippen molar-refractivity contribution in [2.75, 3.05) is 7.11 Å². The van der Waals surface area contributed by atoms with Crippen molar-refractivity contribution in [2.45, 2.75) is 71.0 Å². The van der Waals surface area contributed by atoms with E-state index >= 15 is 0 Å². The summed E-state index contributed by atoms with van der Waals surface area (Å²) in [5, 5.41) is 9.73. The fraction of sp³-hybridized carbons (Fsp3) is 0.593. The van der Waals surface area contributed by atoms with E-state index < -0.39 is 24.3 Å². The molecule has 5 nitrogen and oxygen atoms in total. The third kappa shape index (κ3) is 3.92. The second-order valence-corrected chi connectivity index (χ2v) is 11.9. The van der Waals surface area contributed by atoms with Crippen LogP contribution < -0.4 is 5.46 Å². The number of hydrogen-bond donors (Lipinski definition) is 1. The van der Waals surface area contributed by atoms with Gasteiger partial charge in [-0.2, -0.15) is 0 Å². The molecule has 1 aromatic rings. The first-order valence-corrected chi connectivity index (χ1v) is 12.8. The van der Waals surface area contributed by atoms with Crippen molar-refractivity contribution in [3.8, 4) is 0 Å². The van der Waals surface area contributed by atoms with Gasteiger partial charge in [0.25, 0.3) is 0 Å². The van der Waals surface area contributed by atoms with Crippen LogP contribution >= 0.6 is 11.6 Å². The highest BCUT2D eigenvalue weighted by atomic mass is 35.5. The fourth-order valence-electron chi connectivity index (χ4n) is 6.74. The number of ether oxygens (including phenoxy) is 1. The molecule has 0 aromatic heterocycles. The summed E-state index contributed by atoms with van der Waals surface area (Å²) >= 11 is 7.13. The van der Waals surface area contributed by atoms with E-state index in [4.69, 9.17) is 25.6 Å². The van der Waals surface area contributed by atoms with Crippen LogP contribution in [0.15, 0.2) is 23.8 Å². The van der Waals surface area contributed by atoms with Crippen LogP contribution in [0.1, 0.15) is 70.9 Å².